The Morgan fingerprint density at radius 2 is 2.09 bits per heavy atom. The van der Waals surface area contributed by atoms with Gasteiger partial charge < -0.3 is 19.1 Å². The predicted molar refractivity (Wildman–Crippen MR) is 89.9 cm³/mol. The number of hydrogen-bond acceptors (Lipinski definition) is 5. The highest BCUT2D eigenvalue weighted by Crippen LogP contribution is 2.19. The lowest BCUT2D eigenvalue weighted by atomic mass is 9.96. The Hall–Kier alpha value is -1.18. The second-order valence-corrected chi connectivity index (χ2v) is 7.19. The van der Waals surface area contributed by atoms with E-state index in [1.54, 1.807) is 0 Å². The number of amides is 1. The molecule has 2 aliphatic rings. The summed E-state index contributed by atoms with van der Waals surface area (Å²) in [5.74, 6) is 0.379. The number of rotatable bonds is 4. The maximum Gasteiger partial charge on any atom is 0.307 e. The van der Waals surface area contributed by atoms with Gasteiger partial charge in [-0.3, -0.25) is 9.59 Å². The highest BCUT2D eigenvalue weighted by molar-refractivity contribution is 7.07. The summed E-state index contributed by atoms with van der Waals surface area (Å²) in [6, 6.07) is 0. The number of ether oxygens (including phenoxy) is 1. The standard InChI is InChI=1S/C16H25N3O3S/c1-13-12-23-16(21)19(13)6-5-17-4-2-3-14(11-17)15(20)18-7-9-22-10-8-18/h12,14H,2-11H2,1H3. The number of piperidine rings is 1. The summed E-state index contributed by atoms with van der Waals surface area (Å²) in [4.78, 5) is 28.8. The molecule has 7 heteroatoms. The molecule has 23 heavy (non-hydrogen) atoms. The van der Waals surface area contributed by atoms with Crippen LogP contribution in [0.1, 0.15) is 18.5 Å². The van der Waals surface area contributed by atoms with Crippen molar-refractivity contribution in [2.75, 3.05) is 45.9 Å². The van der Waals surface area contributed by atoms with Crippen LogP contribution in [0.5, 0.6) is 0 Å². The van der Waals surface area contributed by atoms with E-state index in [1.165, 1.54) is 11.3 Å². The van der Waals surface area contributed by atoms with Crippen molar-refractivity contribution in [1.29, 1.82) is 0 Å². The van der Waals surface area contributed by atoms with E-state index in [1.807, 2.05) is 21.8 Å². The normalized spacial score (nSPS) is 23.2. The van der Waals surface area contributed by atoms with E-state index in [9.17, 15) is 9.59 Å². The number of morpholine rings is 1. The monoisotopic (exact) mass is 339 g/mol. The zero-order chi connectivity index (χ0) is 16.2. The molecule has 1 unspecified atom stereocenters. The van der Waals surface area contributed by atoms with Crippen molar-refractivity contribution < 1.29 is 9.53 Å². The van der Waals surface area contributed by atoms with Crippen LogP contribution in [-0.2, 0) is 16.1 Å². The van der Waals surface area contributed by atoms with Gasteiger partial charge in [0, 0.05) is 43.8 Å². The quantitative estimate of drug-likeness (QED) is 0.814. The maximum absolute atomic E-state index is 12.6. The number of carbonyl (C=O) groups is 1. The van der Waals surface area contributed by atoms with Crippen LogP contribution >= 0.6 is 11.3 Å². The Kier molecular flexibility index (Phi) is 5.50. The summed E-state index contributed by atoms with van der Waals surface area (Å²) in [5.41, 5.74) is 1.03. The molecule has 1 aromatic heterocycles. The first kappa shape index (κ1) is 16.7. The van der Waals surface area contributed by atoms with E-state index >= 15 is 0 Å². The molecule has 128 valence electrons. The average Bonchev–Trinajstić information content (AvgIpc) is 2.91. The molecule has 2 aliphatic heterocycles. The number of aromatic nitrogens is 1. The maximum atomic E-state index is 12.6. The summed E-state index contributed by atoms with van der Waals surface area (Å²) in [7, 11) is 0. The first-order valence-electron chi connectivity index (χ1n) is 8.39. The number of likely N-dealkylation sites (tertiary alicyclic amines) is 1. The van der Waals surface area contributed by atoms with Crippen LogP contribution in [0, 0.1) is 12.8 Å². The van der Waals surface area contributed by atoms with E-state index in [4.69, 9.17) is 4.74 Å². The van der Waals surface area contributed by atoms with Gasteiger partial charge in [-0.05, 0) is 26.3 Å². The van der Waals surface area contributed by atoms with Crippen LogP contribution < -0.4 is 4.87 Å². The molecule has 1 atom stereocenters. The third kappa shape index (κ3) is 4.02. The van der Waals surface area contributed by atoms with Crippen LogP contribution in [0.25, 0.3) is 0 Å². The number of nitrogens with zero attached hydrogens (tertiary/aromatic N) is 3. The fourth-order valence-corrected chi connectivity index (χ4v) is 4.18. The lowest BCUT2D eigenvalue weighted by Gasteiger charge is -2.36. The first-order valence-corrected chi connectivity index (χ1v) is 9.27. The molecule has 0 spiro atoms. The molecule has 6 nitrogen and oxygen atoms in total. The third-order valence-electron chi connectivity index (χ3n) is 4.79. The highest BCUT2D eigenvalue weighted by atomic mass is 32.1. The van der Waals surface area contributed by atoms with Crippen molar-refractivity contribution in [3.05, 3.63) is 20.7 Å². The molecule has 2 saturated heterocycles. The van der Waals surface area contributed by atoms with Crippen molar-refractivity contribution in [3.63, 3.8) is 0 Å². The van der Waals surface area contributed by atoms with E-state index in [2.05, 4.69) is 4.90 Å². The fourth-order valence-electron chi connectivity index (χ4n) is 3.42. The van der Waals surface area contributed by atoms with Crippen LogP contribution in [0.15, 0.2) is 10.2 Å². The van der Waals surface area contributed by atoms with Crippen molar-refractivity contribution in [2.24, 2.45) is 5.92 Å². The van der Waals surface area contributed by atoms with Crippen molar-refractivity contribution >= 4 is 17.2 Å². The second-order valence-electron chi connectivity index (χ2n) is 6.37. The summed E-state index contributed by atoms with van der Waals surface area (Å²) in [5, 5.41) is 1.91. The Morgan fingerprint density at radius 3 is 2.78 bits per heavy atom. The Labute approximate surface area is 140 Å². The van der Waals surface area contributed by atoms with Crippen molar-refractivity contribution in [2.45, 2.75) is 26.3 Å². The number of thiazole rings is 1. The first-order chi connectivity index (χ1) is 11.1. The van der Waals surface area contributed by atoms with Crippen LogP contribution in [0.3, 0.4) is 0 Å². The Bertz CT molecular complexity index is 592. The molecule has 0 radical (unpaired) electrons. The number of aryl methyl sites for hydroxylation is 1. The average molecular weight is 339 g/mol. The van der Waals surface area contributed by atoms with Crippen LogP contribution in [0.4, 0.5) is 0 Å². The van der Waals surface area contributed by atoms with E-state index < -0.39 is 0 Å². The molecule has 1 amide bonds. The van der Waals surface area contributed by atoms with Gasteiger partial charge in [-0.25, -0.2) is 0 Å². The Morgan fingerprint density at radius 1 is 1.30 bits per heavy atom. The van der Waals surface area contributed by atoms with Gasteiger partial charge in [-0.2, -0.15) is 0 Å². The van der Waals surface area contributed by atoms with Crippen molar-refractivity contribution in [1.82, 2.24) is 14.4 Å². The molecule has 0 aromatic carbocycles. The molecule has 2 fully saturated rings. The minimum absolute atomic E-state index is 0.0992. The minimum atomic E-state index is 0.0992. The molecule has 1 aromatic rings. The smallest absolute Gasteiger partial charge is 0.307 e. The number of carbonyl (C=O) groups excluding carboxylic acids is 1. The SMILES string of the molecule is Cc1csc(=O)n1CCN1CCCC(C(=O)N2CCOCC2)C1. The van der Waals surface area contributed by atoms with Crippen molar-refractivity contribution in [3.8, 4) is 0 Å². The van der Waals surface area contributed by atoms with Gasteiger partial charge in [-0.1, -0.05) is 11.3 Å². The van der Waals surface area contributed by atoms with Gasteiger partial charge in [0.1, 0.15) is 0 Å². The lowest BCUT2D eigenvalue weighted by molar-refractivity contribution is -0.141. The molecule has 3 heterocycles. The molecule has 0 N–H and O–H groups in total. The Balaban J connectivity index is 1.53. The van der Waals surface area contributed by atoms with Gasteiger partial charge in [0.25, 0.3) is 0 Å². The lowest BCUT2D eigenvalue weighted by Crippen LogP contribution is -2.48. The zero-order valence-electron chi connectivity index (χ0n) is 13.7. The largest absolute Gasteiger partial charge is 0.378 e. The van der Waals surface area contributed by atoms with E-state index in [0.717, 1.165) is 51.3 Å². The van der Waals surface area contributed by atoms with Gasteiger partial charge in [0.2, 0.25) is 5.91 Å². The van der Waals surface area contributed by atoms with Crippen LogP contribution in [-0.4, -0.2) is 66.2 Å². The minimum Gasteiger partial charge on any atom is -0.378 e. The van der Waals surface area contributed by atoms with Gasteiger partial charge >= 0.3 is 4.87 Å². The van der Waals surface area contributed by atoms with E-state index in [0.29, 0.717) is 19.8 Å². The van der Waals surface area contributed by atoms with Gasteiger partial charge in [-0.15, -0.1) is 0 Å². The highest BCUT2D eigenvalue weighted by Gasteiger charge is 2.29. The summed E-state index contributed by atoms with van der Waals surface area (Å²) in [6.07, 6.45) is 2.03. The second kappa shape index (κ2) is 7.59. The fraction of sp³-hybridized carbons (Fsp3) is 0.750. The third-order valence-corrected chi connectivity index (χ3v) is 5.67. The molecule has 0 aliphatic carbocycles. The number of hydrogen-bond donors (Lipinski definition) is 0. The molecular weight excluding hydrogens is 314 g/mol. The molecule has 0 bridgehead atoms. The molecular formula is C16H25N3O3S. The summed E-state index contributed by atoms with van der Waals surface area (Å²) >= 11 is 1.26. The zero-order valence-corrected chi connectivity index (χ0v) is 14.5. The molecule has 0 saturated carbocycles. The van der Waals surface area contributed by atoms with E-state index in [-0.39, 0.29) is 16.7 Å². The predicted octanol–water partition coefficient (Wildman–Crippen LogP) is 0.789. The summed E-state index contributed by atoms with van der Waals surface area (Å²) < 4.78 is 7.16. The molecule has 3 rings (SSSR count). The summed E-state index contributed by atoms with van der Waals surface area (Å²) in [6.45, 7) is 8.11. The topological polar surface area (TPSA) is 54.8 Å². The van der Waals surface area contributed by atoms with Crippen LogP contribution in [0.2, 0.25) is 0 Å². The van der Waals surface area contributed by atoms with Gasteiger partial charge in [0.05, 0.1) is 19.1 Å². The van der Waals surface area contributed by atoms with Gasteiger partial charge in [0.15, 0.2) is 0 Å².